The molecule has 0 atom stereocenters. The fourth-order valence-electron chi connectivity index (χ4n) is 0.537. The van der Waals surface area contributed by atoms with Crippen molar-refractivity contribution in [1.82, 2.24) is 10.8 Å². The van der Waals surface area contributed by atoms with E-state index < -0.39 is 0 Å². The van der Waals surface area contributed by atoms with Gasteiger partial charge in [-0.25, -0.2) is 5.48 Å². The summed E-state index contributed by atoms with van der Waals surface area (Å²) in [7, 11) is 1.49. The minimum Gasteiger partial charge on any atom is -0.357 e. The van der Waals surface area contributed by atoms with Crippen LogP contribution >= 0.6 is 0 Å². The summed E-state index contributed by atoms with van der Waals surface area (Å²) < 4.78 is 0. The Morgan fingerprint density at radius 2 is 2.00 bits per heavy atom. The highest BCUT2D eigenvalue weighted by Gasteiger charge is 1.99. The van der Waals surface area contributed by atoms with Gasteiger partial charge in [0, 0.05) is 13.1 Å². The number of hydrogen-bond acceptors (Lipinski definition) is 3. The number of likely N-dealkylation sites (N-methyl/N-ethyl adjacent to an activating group) is 1. The molecule has 13 heavy (non-hydrogen) atoms. The number of nitrogens with one attached hydrogen (secondary N) is 2. The Hall–Kier alpha value is -1.36. The zero-order valence-electron chi connectivity index (χ0n) is 8.01. The molecule has 0 fully saturated rings. The molecule has 2 N–H and O–H groups in total. The Morgan fingerprint density at radius 3 is 2.46 bits per heavy atom. The van der Waals surface area contributed by atoms with Crippen LogP contribution in [0.5, 0.6) is 0 Å². The van der Waals surface area contributed by atoms with Crippen molar-refractivity contribution < 1.29 is 14.4 Å². The van der Waals surface area contributed by atoms with E-state index in [-0.39, 0.29) is 18.4 Å². The number of rotatable bonds is 4. The molecular formula is C8H14N2O3. The van der Waals surface area contributed by atoms with Crippen molar-refractivity contribution in [2.24, 2.45) is 0 Å². The Balaban J connectivity index is 3.60. The summed E-state index contributed by atoms with van der Waals surface area (Å²) in [6, 6.07) is 0. The predicted octanol–water partition coefficient (Wildman–Crippen LogP) is -0.254. The van der Waals surface area contributed by atoms with Gasteiger partial charge in [0.05, 0.1) is 0 Å². The number of hydroxylamine groups is 1. The molecule has 0 aromatic carbocycles. The molecule has 0 aliphatic carbocycles. The summed E-state index contributed by atoms with van der Waals surface area (Å²) in [5, 5.41) is 2.35. The Bertz CT molecular complexity index is 219. The highest BCUT2D eigenvalue weighted by atomic mass is 16.7. The van der Waals surface area contributed by atoms with E-state index in [1.165, 1.54) is 13.1 Å². The number of carbonyl (C=O) groups is 2. The van der Waals surface area contributed by atoms with Gasteiger partial charge in [0.15, 0.2) is 6.61 Å². The van der Waals surface area contributed by atoms with Gasteiger partial charge in [0.25, 0.3) is 5.91 Å². The van der Waals surface area contributed by atoms with Crippen LogP contribution in [-0.2, 0) is 14.4 Å². The van der Waals surface area contributed by atoms with Gasteiger partial charge >= 0.3 is 0 Å². The predicted molar refractivity (Wildman–Crippen MR) is 47.6 cm³/mol. The van der Waals surface area contributed by atoms with Crippen LogP contribution < -0.4 is 10.8 Å². The average molecular weight is 186 g/mol. The highest BCUT2D eigenvalue weighted by molar-refractivity contribution is 5.87. The van der Waals surface area contributed by atoms with Crippen LogP contribution in [0.1, 0.15) is 13.8 Å². The average Bonchev–Trinajstić information content (AvgIpc) is 2.02. The van der Waals surface area contributed by atoms with Crippen LogP contribution in [0.4, 0.5) is 0 Å². The maximum atomic E-state index is 10.9. The van der Waals surface area contributed by atoms with Crippen molar-refractivity contribution in [2.45, 2.75) is 13.8 Å². The summed E-state index contributed by atoms with van der Waals surface area (Å²) in [5.74, 6) is -0.665. The van der Waals surface area contributed by atoms with Gasteiger partial charge in [-0.3, -0.25) is 14.4 Å². The molecule has 0 aliphatic heterocycles. The minimum atomic E-state index is -0.371. The van der Waals surface area contributed by atoms with Gasteiger partial charge in [-0.15, -0.1) is 0 Å². The molecule has 0 saturated heterocycles. The van der Waals surface area contributed by atoms with Gasteiger partial charge in [-0.2, -0.15) is 0 Å². The van der Waals surface area contributed by atoms with Crippen LogP contribution in [0.3, 0.4) is 0 Å². The normalized spacial score (nSPS) is 8.85. The highest BCUT2D eigenvalue weighted by Crippen LogP contribution is 1.86. The quantitative estimate of drug-likeness (QED) is 0.470. The van der Waals surface area contributed by atoms with Crippen molar-refractivity contribution in [3.63, 3.8) is 0 Å². The molecule has 0 aromatic rings. The molecule has 0 aromatic heterocycles. The lowest BCUT2D eigenvalue weighted by molar-refractivity contribution is -0.135. The number of hydrogen-bond donors (Lipinski definition) is 2. The van der Waals surface area contributed by atoms with E-state index in [2.05, 4.69) is 15.6 Å². The zero-order valence-corrected chi connectivity index (χ0v) is 8.01. The number of amides is 2. The SMILES string of the molecule is CNC(=O)CONC(=O)C=C(C)C. The van der Waals surface area contributed by atoms with Gasteiger partial charge in [0.2, 0.25) is 5.91 Å². The maximum Gasteiger partial charge on any atom is 0.267 e. The summed E-state index contributed by atoms with van der Waals surface area (Å²) >= 11 is 0. The molecule has 5 nitrogen and oxygen atoms in total. The van der Waals surface area contributed by atoms with Crippen molar-refractivity contribution >= 4 is 11.8 Å². The summed E-state index contributed by atoms with van der Waals surface area (Å²) in [5.41, 5.74) is 2.97. The van der Waals surface area contributed by atoms with E-state index in [1.807, 2.05) is 0 Å². The summed E-state index contributed by atoms with van der Waals surface area (Å²) in [6.07, 6.45) is 1.38. The fourth-order valence-corrected chi connectivity index (χ4v) is 0.537. The Morgan fingerprint density at radius 1 is 1.38 bits per heavy atom. The molecule has 0 rings (SSSR count). The standard InChI is InChI=1S/C8H14N2O3/c1-6(2)4-7(11)10-13-5-8(12)9-3/h4H,5H2,1-3H3,(H,9,12)(H,10,11). The smallest absolute Gasteiger partial charge is 0.267 e. The molecule has 0 spiro atoms. The Labute approximate surface area is 77.1 Å². The lowest BCUT2D eigenvalue weighted by atomic mass is 10.3. The first-order valence-electron chi connectivity index (χ1n) is 3.83. The third-order valence-corrected chi connectivity index (χ3v) is 1.07. The second-order valence-corrected chi connectivity index (χ2v) is 2.65. The second-order valence-electron chi connectivity index (χ2n) is 2.65. The topological polar surface area (TPSA) is 67.4 Å². The van der Waals surface area contributed by atoms with Gasteiger partial charge < -0.3 is 5.32 Å². The third kappa shape index (κ3) is 7.02. The number of allylic oxidation sites excluding steroid dienone is 1. The van der Waals surface area contributed by atoms with Crippen LogP contribution in [0.25, 0.3) is 0 Å². The van der Waals surface area contributed by atoms with E-state index in [9.17, 15) is 9.59 Å². The zero-order chi connectivity index (χ0) is 10.3. The molecule has 0 aliphatic rings. The molecule has 0 unspecified atom stereocenters. The maximum absolute atomic E-state index is 10.9. The molecule has 0 bridgehead atoms. The van der Waals surface area contributed by atoms with Crippen LogP contribution in [0, 0.1) is 0 Å². The van der Waals surface area contributed by atoms with Crippen molar-refractivity contribution in [2.75, 3.05) is 13.7 Å². The van der Waals surface area contributed by atoms with Gasteiger partial charge in [-0.1, -0.05) is 5.57 Å². The summed E-state index contributed by atoms with van der Waals surface area (Å²) in [4.78, 5) is 26.1. The van der Waals surface area contributed by atoms with Gasteiger partial charge in [0.1, 0.15) is 0 Å². The van der Waals surface area contributed by atoms with Crippen LogP contribution in [-0.4, -0.2) is 25.5 Å². The lowest BCUT2D eigenvalue weighted by Gasteiger charge is -2.02. The van der Waals surface area contributed by atoms with Crippen molar-refractivity contribution in [1.29, 1.82) is 0 Å². The van der Waals surface area contributed by atoms with E-state index >= 15 is 0 Å². The van der Waals surface area contributed by atoms with Gasteiger partial charge in [-0.05, 0) is 13.8 Å². The minimum absolute atomic E-state index is 0.182. The monoisotopic (exact) mass is 186 g/mol. The van der Waals surface area contributed by atoms with E-state index in [0.717, 1.165) is 5.57 Å². The van der Waals surface area contributed by atoms with Crippen LogP contribution in [0.15, 0.2) is 11.6 Å². The van der Waals surface area contributed by atoms with Crippen molar-refractivity contribution in [3.05, 3.63) is 11.6 Å². The second kappa shape index (κ2) is 6.19. The first kappa shape index (κ1) is 11.6. The summed E-state index contributed by atoms with van der Waals surface area (Å²) in [6.45, 7) is 3.40. The molecule has 74 valence electrons. The lowest BCUT2D eigenvalue weighted by Crippen LogP contribution is -2.30. The molecule has 2 amide bonds. The fraction of sp³-hybridized carbons (Fsp3) is 0.500. The van der Waals surface area contributed by atoms with E-state index in [4.69, 9.17) is 0 Å². The molecule has 5 heteroatoms. The Kier molecular flexibility index (Phi) is 5.54. The van der Waals surface area contributed by atoms with Crippen molar-refractivity contribution in [3.8, 4) is 0 Å². The van der Waals surface area contributed by atoms with Crippen LogP contribution in [0.2, 0.25) is 0 Å². The van der Waals surface area contributed by atoms with E-state index in [1.54, 1.807) is 13.8 Å². The largest absolute Gasteiger partial charge is 0.357 e. The first-order chi connectivity index (χ1) is 6.06. The molecule has 0 heterocycles. The number of carbonyl (C=O) groups excluding carboxylic acids is 2. The third-order valence-electron chi connectivity index (χ3n) is 1.07. The molecular weight excluding hydrogens is 172 g/mol. The molecule has 0 radical (unpaired) electrons. The molecule has 0 saturated carbocycles. The van der Waals surface area contributed by atoms with E-state index in [0.29, 0.717) is 0 Å². The first-order valence-corrected chi connectivity index (χ1v) is 3.83.